The number of carbonyl (C=O) groups is 2. The first-order valence-electron chi connectivity index (χ1n) is 8.88. The minimum absolute atomic E-state index is 0.0520. The van der Waals surface area contributed by atoms with E-state index in [-0.39, 0.29) is 17.9 Å². The molecule has 0 spiro atoms. The van der Waals surface area contributed by atoms with Crippen LogP contribution in [0.4, 0.5) is 5.82 Å². The number of nitrogens with one attached hydrogen (secondary N) is 1. The molecule has 2 atom stereocenters. The molecule has 0 radical (unpaired) electrons. The molecule has 1 aromatic rings. The van der Waals surface area contributed by atoms with Crippen molar-refractivity contribution in [1.29, 1.82) is 0 Å². The van der Waals surface area contributed by atoms with Crippen molar-refractivity contribution in [2.75, 3.05) is 18.0 Å². The van der Waals surface area contributed by atoms with Gasteiger partial charge in [-0.25, -0.2) is 4.98 Å². The smallest absolute Gasteiger partial charge is 0.306 e. The second kappa shape index (κ2) is 7.64. The molecule has 24 heavy (non-hydrogen) atoms. The van der Waals surface area contributed by atoms with Crippen LogP contribution in [0.2, 0.25) is 0 Å². The van der Waals surface area contributed by atoms with Crippen LogP contribution in [-0.2, 0) is 4.79 Å². The first kappa shape index (κ1) is 16.7. The summed E-state index contributed by atoms with van der Waals surface area (Å²) in [6, 6.07) is 3.67. The standard InChI is InChI=1S/C18H25N3O3/c22-17(20-15-7-5-13(11-15)18(23)24)14-6-8-16(19-12-14)21-9-3-1-2-4-10-21/h6,8,12-13,15H,1-5,7,9-11H2,(H,20,22)(H,23,24)/t13-,15+/m1/s1. The molecular weight excluding hydrogens is 306 g/mol. The van der Waals surface area contributed by atoms with Crippen molar-refractivity contribution in [3.63, 3.8) is 0 Å². The highest BCUT2D eigenvalue weighted by Gasteiger charge is 2.30. The number of anilines is 1. The summed E-state index contributed by atoms with van der Waals surface area (Å²) < 4.78 is 0. The van der Waals surface area contributed by atoms with E-state index < -0.39 is 5.97 Å². The Hall–Kier alpha value is -2.11. The number of rotatable bonds is 4. The van der Waals surface area contributed by atoms with E-state index in [2.05, 4.69) is 15.2 Å². The van der Waals surface area contributed by atoms with Crippen LogP contribution >= 0.6 is 0 Å². The molecule has 3 rings (SSSR count). The molecular formula is C18H25N3O3. The van der Waals surface area contributed by atoms with E-state index in [1.54, 1.807) is 6.20 Å². The molecule has 1 saturated heterocycles. The number of amides is 1. The summed E-state index contributed by atoms with van der Waals surface area (Å²) in [4.78, 5) is 30.0. The van der Waals surface area contributed by atoms with Gasteiger partial charge in [0.2, 0.25) is 0 Å². The molecule has 2 heterocycles. The lowest BCUT2D eigenvalue weighted by molar-refractivity contribution is -0.141. The highest BCUT2D eigenvalue weighted by atomic mass is 16.4. The van der Waals surface area contributed by atoms with Gasteiger partial charge in [0.25, 0.3) is 5.91 Å². The highest BCUT2D eigenvalue weighted by Crippen LogP contribution is 2.26. The van der Waals surface area contributed by atoms with E-state index in [9.17, 15) is 9.59 Å². The first-order valence-corrected chi connectivity index (χ1v) is 8.88. The molecule has 1 aliphatic heterocycles. The zero-order valence-corrected chi connectivity index (χ0v) is 13.9. The number of carbonyl (C=O) groups excluding carboxylic acids is 1. The van der Waals surface area contributed by atoms with Crippen LogP contribution in [0.5, 0.6) is 0 Å². The van der Waals surface area contributed by atoms with Gasteiger partial charge in [0.15, 0.2) is 0 Å². The van der Waals surface area contributed by atoms with Gasteiger partial charge in [0, 0.05) is 25.3 Å². The van der Waals surface area contributed by atoms with Crippen molar-refractivity contribution >= 4 is 17.7 Å². The van der Waals surface area contributed by atoms with Gasteiger partial charge in [-0.1, -0.05) is 12.8 Å². The van der Waals surface area contributed by atoms with Gasteiger partial charge in [0.05, 0.1) is 11.5 Å². The van der Waals surface area contributed by atoms with E-state index >= 15 is 0 Å². The Morgan fingerprint density at radius 2 is 1.88 bits per heavy atom. The number of aromatic nitrogens is 1. The summed E-state index contributed by atoms with van der Waals surface area (Å²) in [7, 11) is 0. The van der Waals surface area contributed by atoms with Gasteiger partial charge in [-0.2, -0.15) is 0 Å². The van der Waals surface area contributed by atoms with Crippen LogP contribution in [0.3, 0.4) is 0 Å². The number of aliphatic carboxylic acids is 1. The SMILES string of the molecule is O=C(N[C@H]1CC[C@@H](C(=O)O)C1)c1ccc(N2CCCCCC2)nc1. The van der Waals surface area contributed by atoms with Crippen LogP contribution in [0.25, 0.3) is 0 Å². The predicted octanol–water partition coefficient (Wildman–Crippen LogP) is 2.45. The molecule has 2 N–H and O–H groups in total. The van der Waals surface area contributed by atoms with Crippen LogP contribution in [-0.4, -0.2) is 41.1 Å². The van der Waals surface area contributed by atoms with E-state index in [0.717, 1.165) is 25.3 Å². The summed E-state index contributed by atoms with van der Waals surface area (Å²) in [6.07, 6.45) is 8.42. The fraction of sp³-hybridized carbons (Fsp3) is 0.611. The molecule has 0 aromatic carbocycles. The van der Waals surface area contributed by atoms with Crippen LogP contribution < -0.4 is 10.2 Å². The lowest BCUT2D eigenvalue weighted by Crippen LogP contribution is -2.33. The average Bonchev–Trinajstić information content (AvgIpc) is 2.89. The molecule has 2 aliphatic rings. The Bertz CT molecular complexity index is 580. The first-order chi connectivity index (χ1) is 11.6. The third kappa shape index (κ3) is 4.04. The zero-order valence-electron chi connectivity index (χ0n) is 13.9. The Kier molecular flexibility index (Phi) is 5.33. The lowest BCUT2D eigenvalue weighted by atomic mass is 10.1. The minimum atomic E-state index is -0.768. The van der Waals surface area contributed by atoms with Crippen LogP contribution in [0, 0.1) is 5.92 Å². The molecule has 1 aromatic heterocycles. The van der Waals surface area contributed by atoms with Gasteiger partial charge < -0.3 is 15.3 Å². The maximum absolute atomic E-state index is 12.3. The van der Waals surface area contributed by atoms with Crippen molar-refractivity contribution in [2.45, 2.75) is 51.0 Å². The largest absolute Gasteiger partial charge is 0.481 e. The fourth-order valence-corrected chi connectivity index (χ4v) is 3.61. The highest BCUT2D eigenvalue weighted by molar-refractivity contribution is 5.94. The van der Waals surface area contributed by atoms with Crippen molar-refractivity contribution in [3.8, 4) is 0 Å². The Morgan fingerprint density at radius 3 is 2.46 bits per heavy atom. The number of carboxylic acids is 1. The van der Waals surface area contributed by atoms with E-state index in [0.29, 0.717) is 18.4 Å². The van der Waals surface area contributed by atoms with Gasteiger partial charge in [0.1, 0.15) is 5.82 Å². The van der Waals surface area contributed by atoms with Crippen molar-refractivity contribution in [3.05, 3.63) is 23.9 Å². The average molecular weight is 331 g/mol. The third-order valence-electron chi connectivity index (χ3n) is 5.06. The molecule has 1 amide bonds. The predicted molar refractivity (Wildman–Crippen MR) is 91.1 cm³/mol. The number of nitrogens with zero attached hydrogens (tertiary/aromatic N) is 2. The summed E-state index contributed by atoms with van der Waals surface area (Å²) >= 11 is 0. The van der Waals surface area contributed by atoms with Gasteiger partial charge >= 0.3 is 5.97 Å². The minimum Gasteiger partial charge on any atom is -0.481 e. The second-order valence-corrected chi connectivity index (χ2v) is 6.82. The molecule has 1 aliphatic carbocycles. The van der Waals surface area contributed by atoms with Gasteiger partial charge in [-0.3, -0.25) is 9.59 Å². The monoisotopic (exact) mass is 331 g/mol. The summed E-state index contributed by atoms with van der Waals surface area (Å²) in [5, 5.41) is 12.0. The molecule has 2 fully saturated rings. The van der Waals surface area contributed by atoms with Crippen LogP contribution in [0.1, 0.15) is 55.3 Å². The van der Waals surface area contributed by atoms with E-state index in [1.165, 1.54) is 25.7 Å². The number of hydrogen-bond acceptors (Lipinski definition) is 4. The number of carboxylic acid groups (broad SMARTS) is 1. The fourth-order valence-electron chi connectivity index (χ4n) is 3.61. The third-order valence-corrected chi connectivity index (χ3v) is 5.06. The summed E-state index contributed by atoms with van der Waals surface area (Å²) in [5.41, 5.74) is 0.535. The number of pyridine rings is 1. The number of hydrogen-bond donors (Lipinski definition) is 2. The lowest BCUT2D eigenvalue weighted by Gasteiger charge is -2.21. The Labute approximate surface area is 142 Å². The second-order valence-electron chi connectivity index (χ2n) is 6.82. The van der Waals surface area contributed by atoms with Gasteiger partial charge in [-0.15, -0.1) is 0 Å². The Balaban J connectivity index is 1.57. The van der Waals surface area contributed by atoms with Crippen LogP contribution in [0.15, 0.2) is 18.3 Å². The van der Waals surface area contributed by atoms with Crippen molar-refractivity contribution in [1.82, 2.24) is 10.3 Å². The topological polar surface area (TPSA) is 82.5 Å². The maximum atomic E-state index is 12.3. The molecule has 6 nitrogen and oxygen atoms in total. The molecule has 0 unspecified atom stereocenters. The molecule has 6 heteroatoms. The summed E-state index contributed by atoms with van der Waals surface area (Å²) in [6.45, 7) is 2.05. The molecule has 0 bridgehead atoms. The quantitative estimate of drug-likeness (QED) is 0.885. The molecule has 1 saturated carbocycles. The van der Waals surface area contributed by atoms with Crippen molar-refractivity contribution in [2.24, 2.45) is 5.92 Å². The van der Waals surface area contributed by atoms with E-state index in [4.69, 9.17) is 5.11 Å². The zero-order chi connectivity index (χ0) is 16.9. The van der Waals surface area contributed by atoms with Crippen molar-refractivity contribution < 1.29 is 14.7 Å². The maximum Gasteiger partial charge on any atom is 0.306 e. The normalized spacial score (nSPS) is 24.4. The Morgan fingerprint density at radius 1 is 1.12 bits per heavy atom. The van der Waals surface area contributed by atoms with Gasteiger partial charge in [-0.05, 0) is 44.2 Å². The van der Waals surface area contributed by atoms with E-state index in [1.807, 2.05) is 12.1 Å². The molecule has 130 valence electrons. The summed E-state index contributed by atoms with van der Waals surface area (Å²) in [5.74, 6) is -0.338.